The second-order valence-electron chi connectivity index (χ2n) is 5.46. The van der Waals surface area contributed by atoms with Crippen molar-refractivity contribution in [1.29, 1.82) is 0 Å². The molecule has 1 saturated heterocycles. The molecule has 3 rings (SSSR count). The molecular weight excluding hydrogens is 419 g/mol. The highest BCUT2D eigenvalue weighted by molar-refractivity contribution is 8.27. The maximum absolute atomic E-state index is 12.9. The second kappa shape index (κ2) is 7.46. The van der Waals surface area contributed by atoms with Crippen molar-refractivity contribution in [3.63, 3.8) is 0 Å². The maximum Gasteiger partial charge on any atom is 0.416 e. The zero-order valence-corrected chi connectivity index (χ0v) is 15.7. The van der Waals surface area contributed by atoms with Gasteiger partial charge in [-0.05, 0) is 53.6 Å². The highest BCUT2D eigenvalue weighted by Crippen LogP contribution is 2.38. The molecule has 0 saturated carbocycles. The molecule has 2 aromatic carbocycles. The quantitative estimate of drug-likeness (QED) is 0.369. The molecular formula is C18H9ClF3NO2S2. The first-order valence-electron chi connectivity index (χ1n) is 7.42. The third-order valence-electron chi connectivity index (χ3n) is 3.66. The van der Waals surface area contributed by atoms with E-state index in [1.54, 1.807) is 18.2 Å². The lowest BCUT2D eigenvalue weighted by Crippen LogP contribution is -2.27. The molecule has 0 aromatic heterocycles. The van der Waals surface area contributed by atoms with Crippen molar-refractivity contribution in [2.24, 2.45) is 0 Å². The van der Waals surface area contributed by atoms with Gasteiger partial charge in [0.2, 0.25) is 0 Å². The van der Waals surface area contributed by atoms with Gasteiger partial charge in [-0.2, -0.15) is 13.2 Å². The van der Waals surface area contributed by atoms with Crippen LogP contribution in [-0.2, 0) is 11.0 Å². The molecule has 1 aliphatic rings. The molecule has 3 nitrogen and oxygen atoms in total. The first-order valence-corrected chi connectivity index (χ1v) is 9.02. The Hall–Kier alpha value is -2.16. The fourth-order valence-electron chi connectivity index (χ4n) is 2.37. The van der Waals surface area contributed by atoms with E-state index < -0.39 is 22.9 Å². The Bertz CT molecular complexity index is 971. The summed E-state index contributed by atoms with van der Waals surface area (Å²) in [4.78, 5) is 25.1. The van der Waals surface area contributed by atoms with Gasteiger partial charge in [-0.25, -0.2) is 0 Å². The summed E-state index contributed by atoms with van der Waals surface area (Å²) in [5, 5.41) is -0.600. The Morgan fingerprint density at radius 2 is 1.81 bits per heavy atom. The average Bonchev–Trinajstić information content (AvgIpc) is 2.88. The summed E-state index contributed by atoms with van der Waals surface area (Å²) in [7, 11) is 0. The number of anilines is 1. The summed E-state index contributed by atoms with van der Waals surface area (Å²) in [5.74, 6) is -0.512. The molecule has 0 aliphatic carbocycles. The van der Waals surface area contributed by atoms with E-state index in [1.807, 2.05) is 0 Å². The van der Waals surface area contributed by atoms with Crippen LogP contribution in [0.4, 0.5) is 18.9 Å². The van der Waals surface area contributed by atoms with E-state index in [0.29, 0.717) is 11.1 Å². The third kappa shape index (κ3) is 4.23. The van der Waals surface area contributed by atoms with Crippen LogP contribution in [0, 0.1) is 0 Å². The minimum atomic E-state index is -4.52. The molecule has 0 atom stereocenters. The monoisotopic (exact) mass is 427 g/mol. The number of nitrogens with zero attached hydrogens (tertiary/aromatic N) is 1. The number of amides is 1. The molecule has 2 aromatic rings. The normalized spacial score (nSPS) is 16.3. The van der Waals surface area contributed by atoms with Gasteiger partial charge >= 0.3 is 6.18 Å². The molecule has 138 valence electrons. The van der Waals surface area contributed by atoms with Crippen molar-refractivity contribution >= 4 is 62.8 Å². The van der Waals surface area contributed by atoms with E-state index >= 15 is 0 Å². The van der Waals surface area contributed by atoms with Crippen LogP contribution < -0.4 is 4.90 Å². The van der Waals surface area contributed by atoms with Crippen LogP contribution >= 0.6 is 35.6 Å². The predicted molar refractivity (Wildman–Crippen MR) is 104 cm³/mol. The molecule has 0 radical (unpaired) electrons. The molecule has 1 heterocycles. The van der Waals surface area contributed by atoms with E-state index in [9.17, 15) is 22.8 Å². The molecule has 1 amide bonds. The topological polar surface area (TPSA) is 37.4 Å². The van der Waals surface area contributed by atoms with Gasteiger partial charge in [-0.3, -0.25) is 14.5 Å². The number of thiocarbonyl (C=S) groups is 1. The van der Waals surface area contributed by atoms with Gasteiger partial charge in [-0.1, -0.05) is 42.2 Å². The van der Waals surface area contributed by atoms with E-state index in [0.717, 1.165) is 28.8 Å². The fourth-order valence-corrected chi connectivity index (χ4v) is 3.80. The fraction of sp³-hybridized carbons (Fsp3) is 0.0556. The highest BCUT2D eigenvalue weighted by atomic mass is 35.5. The van der Waals surface area contributed by atoms with Crippen molar-refractivity contribution in [3.8, 4) is 0 Å². The molecule has 0 bridgehead atoms. The van der Waals surface area contributed by atoms with Crippen molar-refractivity contribution in [3.05, 3.63) is 70.1 Å². The first-order chi connectivity index (χ1) is 12.7. The van der Waals surface area contributed by atoms with E-state index in [1.165, 1.54) is 24.3 Å². The van der Waals surface area contributed by atoms with E-state index in [2.05, 4.69) is 0 Å². The maximum atomic E-state index is 12.9. The van der Waals surface area contributed by atoms with Crippen molar-refractivity contribution in [1.82, 2.24) is 0 Å². The first kappa shape index (κ1) is 19.6. The third-order valence-corrected chi connectivity index (χ3v) is 5.18. The summed E-state index contributed by atoms with van der Waals surface area (Å²) in [6, 6.07) is 10.7. The van der Waals surface area contributed by atoms with Gasteiger partial charge in [0, 0.05) is 5.56 Å². The number of hydrogen-bond donors (Lipinski definition) is 0. The Labute approximate surface area is 166 Å². The number of thioether (sulfide) groups is 1. The van der Waals surface area contributed by atoms with E-state index in [4.69, 9.17) is 23.8 Å². The number of carbonyl (C=O) groups excluding carboxylic acids is 2. The van der Waals surface area contributed by atoms with Crippen LogP contribution in [0.25, 0.3) is 6.08 Å². The number of alkyl halides is 3. The Balaban J connectivity index is 1.90. The van der Waals surface area contributed by atoms with Crippen molar-refractivity contribution < 1.29 is 22.8 Å². The summed E-state index contributed by atoms with van der Waals surface area (Å²) in [5.41, 5.74) is 0.129. The van der Waals surface area contributed by atoms with Crippen molar-refractivity contribution in [2.45, 2.75) is 6.18 Å². The molecule has 9 heteroatoms. The predicted octanol–water partition coefficient (Wildman–Crippen LogP) is 5.49. The minimum Gasteiger partial charge on any atom is -0.276 e. The zero-order valence-electron chi connectivity index (χ0n) is 13.3. The molecule has 0 N–H and O–H groups in total. The van der Waals surface area contributed by atoms with Crippen LogP contribution in [0.1, 0.15) is 21.5 Å². The minimum absolute atomic E-state index is 0.0545. The highest BCUT2D eigenvalue weighted by Gasteiger charge is 2.36. The van der Waals surface area contributed by atoms with Crippen LogP contribution in [-0.4, -0.2) is 15.5 Å². The number of benzene rings is 2. The standard InChI is InChI=1S/C18H9ClF3NO2S2/c19-15(24)11-6-4-10(5-7-11)8-14-16(25)23(17(26)27-14)13-3-1-2-12(9-13)18(20,21)22/h1-9H/b14-8-. The van der Waals surface area contributed by atoms with Crippen molar-refractivity contribution in [2.75, 3.05) is 4.90 Å². The molecule has 0 spiro atoms. The molecule has 0 unspecified atom stereocenters. The Morgan fingerprint density at radius 3 is 2.41 bits per heavy atom. The van der Waals surface area contributed by atoms with Gasteiger partial charge < -0.3 is 0 Å². The smallest absolute Gasteiger partial charge is 0.276 e. The SMILES string of the molecule is O=C(Cl)c1ccc(/C=C2\SC(=S)N(c3cccc(C(F)(F)F)c3)C2=O)cc1. The Morgan fingerprint density at radius 1 is 1.15 bits per heavy atom. The molecule has 27 heavy (non-hydrogen) atoms. The van der Waals surface area contributed by atoms with Crippen LogP contribution in [0.15, 0.2) is 53.4 Å². The number of rotatable bonds is 3. The largest absolute Gasteiger partial charge is 0.416 e. The lowest BCUT2D eigenvalue weighted by Gasteiger charge is -2.16. The van der Waals surface area contributed by atoms with Gasteiger partial charge in [0.05, 0.1) is 16.2 Å². The zero-order chi connectivity index (χ0) is 19.8. The van der Waals surface area contributed by atoms with Gasteiger partial charge in [0.15, 0.2) is 4.32 Å². The van der Waals surface area contributed by atoms with Gasteiger partial charge in [-0.15, -0.1) is 0 Å². The summed E-state index contributed by atoms with van der Waals surface area (Å²) >= 11 is 11.5. The average molecular weight is 428 g/mol. The van der Waals surface area contributed by atoms with Crippen LogP contribution in [0.3, 0.4) is 0 Å². The summed E-state index contributed by atoms with van der Waals surface area (Å²) < 4.78 is 38.9. The van der Waals surface area contributed by atoms with Crippen LogP contribution in [0.5, 0.6) is 0 Å². The lowest BCUT2D eigenvalue weighted by atomic mass is 10.1. The lowest BCUT2D eigenvalue weighted by molar-refractivity contribution is -0.137. The molecule has 1 aliphatic heterocycles. The van der Waals surface area contributed by atoms with Gasteiger partial charge in [0.1, 0.15) is 0 Å². The van der Waals surface area contributed by atoms with Crippen LogP contribution in [0.2, 0.25) is 0 Å². The second-order valence-corrected chi connectivity index (χ2v) is 7.48. The van der Waals surface area contributed by atoms with E-state index in [-0.39, 0.29) is 14.9 Å². The summed E-state index contributed by atoms with van der Waals surface area (Å²) in [6.07, 6.45) is -2.97. The number of halogens is 4. The number of hydrogen-bond acceptors (Lipinski definition) is 4. The molecule has 1 fully saturated rings. The number of carbonyl (C=O) groups is 2. The van der Waals surface area contributed by atoms with Gasteiger partial charge in [0.25, 0.3) is 11.1 Å². The summed E-state index contributed by atoms with van der Waals surface area (Å²) in [6.45, 7) is 0. The Kier molecular flexibility index (Phi) is 5.41.